The van der Waals surface area contributed by atoms with Gasteiger partial charge in [-0.1, -0.05) is 6.07 Å². The van der Waals surface area contributed by atoms with E-state index in [2.05, 4.69) is 0 Å². The van der Waals surface area contributed by atoms with Crippen LogP contribution in [0, 0.1) is 5.41 Å². The van der Waals surface area contributed by atoms with Gasteiger partial charge < -0.3 is 19.7 Å². The van der Waals surface area contributed by atoms with E-state index in [0.717, 1.165) is 5.56 Å². The minimum atomic E-state index is -1.39. The van der Waals surface area contributed by atoms with E-state index in [4.69, 9.17) is 9.47 Å². The monoisotopic (exact) mass is 282 g/mol. The lowest BCUT2D eigenvalue weighted by atomic mass is 9.73. The maximum atomic E-state index is 11.3. The summed E-state index contributed by atoms with van der Waals surface area (Å²) in [6.07, 6.45) is 0.201. The second-order valence-electron chi connectivity index (χ2n) is 5.57. The molecule has 0 radical (unpaired) electrons. The highest BCUT2D eigenvalue weighted by Gasteiger charge is 2.45. The highest BCUT2D eigenvalue weighted by molar-refractivity contribution is 5.75. The van der Waals surface area contributed by atoms with E-state index >= 15 is 0 Å². The average molecular weight is 282 g/mol. The molecule has 20 heavy (non-hydrogen) atoms. The highest BCUT2D eigenvalue weighted by atomic mass is 16.5. The molecule has 0 spiro atoms. The van der Waals surface area contributed by atoms with Crippen LogP contribution in [0.2, 0.25) is 0 Å². The molecule has 112 valence electrons. The fourth-order valence-electron chi connectivity index (χ4n) is 1.84. The molecule has 1 aromatic rings. The summed E-state index contributed by atoms with van der Waals surface area (Å²) in [5.74, 6) is 0.102. The predicted octanol–water partition coefficient (Wildman–Crippen LogP) is 2.11. The van der Waals surface area contributed by atoms with Crippen molar-refractivity contribution >= 4 is 5.97 Å². The minimum Gasteiger partial charge on any atom is -0.493 e. The van der Waals surface area contributed by atoms with E-state index < -0.39 is 17.0 Å². The van der Waals surface area contributed by atoms with Gasteiger partial charge in [0.25, 0.3) is 0 Å². The topological polar surface area (TPSA) is 76.0 Å². The zero-order chi connectivity index (χ0) is 15.6. The molecule has 0 aliphatic carbocycles. The summed E-state index contributed by atoms with van der Waals surface area (Å²) in [7, 11) is 3.07. The molecule has 5 nitrogen and oxygen atoms in total. The molecule has 1 atom stereocenters. The van der Waals surface area contributed by atoms with Gasteiger partial charge in [0.15, 0.2) is 11.5 Å². The molecule has 0 saturated carbocycles. The average Bonchev–Trinajstić information content (AvgIpc) is 2.37. The van der Waals surface area contributed by atoms with Crippen LogP contribution < -0.4 is 9.47 Å². The first-order valence-corrected chi connectivity index (χ1v) is 6.32. The normalized spacial score (nSPS) is 14.5. The van der Waals surface area contributed by atoms with Gasteiger partial charge in [-0.15, -0.1) is 0 Å². The van der Waals surface area contributed by atoms with E-state index in [1.54, 1.807) is 25.3 Å². The van der Waals surface area contributed by atoms with Gasteiger partial charge in [0.2, 0.25) is 0 Å². The zero-order valence-electron chi connectivity index (χ0n) is 12.6. The Morgan fingerprint density at radius 1 is 1.15 bits per heavy atom. The summed E-state index contributed by atoms with van der Waals surface area (Å²) < 4.78 is 10.3. The molecule has 5 heteroatoms. The Hall–Kier alpha value is -1.75. The van der Waals surface area contributed by atoms with Crippen LogP contribution in [0.4, 0.5) is 0 Å². The van der Waals surface area contributed by atoms with Crippen LogP contribution in [-0.4, -0.2) is 36.0 Å². The molecule has 0 aliphatic rings. The van der Waals surface area contributed by atoms with Crippen molar-refractivity contribution in [3.63, 3.8) is 0 Å². The highest BCUT2D eigenvalue weighted by Crippen LogP contribution is 2.36. The van der Waals surface area contributed by atoms with Gasteiger partial charge in [-0.05, 0) is 38.5 Å². The molecule has 0 fully saturated rings. The molecule has 1 aromatic carbocycles. The van der Waals surface area contributed by atoms with Gasteiger partial charge in [0.1, 0.15) is 0 Å². The minimum absolute atomic E-state index is 0.201. The van der Waals surface area contributed by atoms with Gasteiger partial charge in [0.05, 0.1) is 25.2 Å². The molecule has 0 saturated heterocycles. The lowest BCUT2D eigenvalue weighted by Crippen LogP contribution is -2.48. The summed E-state index contributed by atoms with van der Waals surface area (Å²) in [6.45, 7) is 4.55. The predicted molar refractivity (Wildman–Crippen MR) is 75.3 cm³/mol. The van der Waals surface area contributed by atoms with E-state index in [0.29, 0.717) is 11.5 Å². The molecule has 1 rings (SSSR count). The summed E-state index contributed by atoms with van der Waals surface area (Å²) in [4.78, 5) is 11.3. The summed E-state index contributed by atoms with van der Waals surface area (Å²) in [6, 6.07) is 5.26. The van der Waals surface area contributed by atoms with Gasteiger partial charge in [-0.25, -0.2) is 0 Å². The maximum absolute atomic E-state index is 11.3. The van der Waals surface area contributed by atoms with Crippen molar-refractivity contribution in [3.8, 4) is 11.5 Å². The van der Waals surface area contributed by atoms with Gasteiger partial charge >= 0.3 is 5.97 Å². The largest absolute Gasteiger partial charge is 0.493 e. The van der Waals surface area contributed by atoms with Crippen LogP contribution in [0.25, 0.3) is 0 Å². The SMILES string of the molecule is COc1ccc(CC(C)(O)C(C)(C)C(=O)O)cc1OC. The van der Waals surface area contributed by atoms with E-state index in [9.17, 15) is 15.0 Å². The van der Waals surface area contributed by atoms with Crippen molar-refractivity contribution in [2.75, 3.05) is 14.2 Å². The molecule has 0 bridgehead atoms. The fourth-order valence-corrected chi connectivity index (χ4v) is 1.84. The van der Waals surface area contributed by atoms with Crippen molar-refractivity contribution in [1.29, 1.82) is 0 Å². The van der Waals surface area contributed by atoms with Crippen molar-refractivity contribution in [3.05, 3.63) is 23.8 Å². The first kappa shape index (κ1) is 16.3. The first-order chi connectivity index (χ1) is 9.15. The number of aliphatic hydroxyl groups is 1. The molecule has 0 aromatic heterocycles. The summed E-state index contributed by atoms with van der Waals surface area (Å²) in [5, 5.41) is 19.7. The van der Waals surface area contributed by atoms with Crippen LogP contribution in [0.15, 0.2) is 18.2 Å². The van der Waals surface area contributed by atoms with Crippen LogP contribution in [0.3, 0.4) is 0 Å². The number of benzene rings is 1. The van der Waals surface area contributed by atoms with E-state index in [-0.39, 0.29) is 6.42 Å². The molecule has 0 aliphatic heterocycles. The lowest BCUT2D eigenvalue weighted by molar-refractivity contribution is -0.162. The molecule has 0 heterocycles. The van der Waals surface area contributed by atoms with Gasteiger partial charge in [-0.2, -0.15) is 0 Å². The smallest absolute Gasteiger partial charge is 0.312 e. The Bertz CT molecular complexity index is 491. The number of hydrogen-bond donors (Lipinski definition) is 2. The standard InChI is InChI=1S/C15H22O5/c1-14(2,13(16)17)15(3,18)9-10-6-7-11(19-4)12(8-10)20-5/h6-8,18H,9H2,1-5H3,(H,16,17). The number of rotatable bonds is 6. The number of carboxylic acids is 1. The maximum Gasteiger partial charge on any atom is 0.312 e. The summed E-state index contributed by atoms with van der Waals surface area (Å²) in [5.41, 5.74) is -1.87. The zero-order valence-corrected chi connectivity index (χ0v) is 12.6. The number of ether oxygens (including phenoxy) is 2. The number of methoxy groups -OCH3 is 2. The molecule has 2 N–H and O–H groups in total. The van der Waals surface area contributed by atoms with Crippen molar-refractivity contribution in [1.82, 2.24) is 0 Å². The third kappa shape index (κ3) is 3.04. The van der Waals surface area contributed by atoms with Crippen LogP contribution in [0.5, 0.6) is 11.5 Å². The van der Waals surface area contributed by atoms with E-state index in [1.165, 1.54) is 27.9 Å². The van der Waals surface area contributed by atoms with Crippen molar-refractivity contribution < 1.29 is 24.5 Å². The number of carboxylic acid groups (broad SMARTS) is 1. The Labute approximate surface area is 119 Å². The first-order valence-electron chi connectivity index (χ1n) is 6.32. The van der Waals surface area contributed by atoms with E-state index in [1.807, 2.05) is 0 Å². The Balaban J connectivity index is 3.07. The molecular weight excluding hydrogens is 260 g/mol. The number of carbonyl (C=O) groups is 1. The van der Waals surface area contributed by atoms with Gasteiger partial charge in [0, 0.05) is 6.42 Å². The molecule has 1 unspecified atom stereocenters. The Morgan fingerprint density at radius 2 is 1.70 bits per heavy atom. The van der Waals surface area contributed by atoms with Crippen LogP contribution in [-0.2, 0) is 11.2 Å². The second kappa shape index (κ2) is 5.71. The third-order valence-electron chi connectivity index (χ3n) is 3.88. The van der Waals surface area contributed by atoms with Crippen LogP contribution >= 0.6 is 0 Å². The Kier molecular flexibility index (Phi) is 4.65. The molecule has 0 amide bonds. The summed E-state index contributed by atoms with van der Waals surface area (Å²) >= 11 is 0. The van der Waals surface area contributed by atoms with Crippen molar-refractivity contribution in [2.45, 2.75) is 32.8 Å². The second-order valence-corrected chi connectivity index (χ2v) is 5.57. The quantitative estimate of drug-likeness (QED) is 0.835. The van der Waals surface area contributed by atoms with Crippen molar-refractivity contribution in [2.24, 2.45) is 5.41 Å². The Morgan fingerprint density at radius 3 is 2.15 bits per heavy atom. The molecular formula is C15H22O5. The third-order valence-corrected chi connectivity index (χ3v) is 3.88. The number of aliphatic carboxylic acids is 1. The fraction of sp³-hybridized carbons (Fsp3) is 0.533. The lowest BCUT2D eigenvalue weighted by Gasteiger charge is -2.36. The number of hydrogen-bond acceptors (Lipinski definition) is 4. The van der Waals surface area contributed by atoms with Crippen LogP contribution in [0.1, 0.15) is 26.3 Å². The van der Waals surface area contributed by atoms with Gasteiger partial charge in [-0.3, -0.25) is 4.79 Å².